The first-order chi connectivity index (χ1) is 8.97. The number of aryl methyl sites for hydroxylation is 1. The van der Waals surface area contributed by atoms with Crippen molar-refractivity contribution in [3.8, 4) is 0 Å². The Morgan fingerprint density at radius 3 is 2.47 bits per heavy atom. The van der Waals surface area contributed by atoms with Gasteiger partial charge in [-0.2, -0.15) is 0 Å². The van der Waals surface area contributed by atoms with Gasteiger partial charge in [0.25, 0.3) is 5.69 Å². The molecule has 0 saturated heterocycles. The number of nitro benzene ring substituents is 1. The summed E-state index contributed by atoms with van der Waals surface area (Å²) in [4.78, 5) is 10.4. The molecule has 0 fully saturated rings. The van der Waals surface area contributed by atoms with Crippen molar-refractivity contribution in [2.45, 2.75) is 53.0 Å². The predicted molar refractivity (Wildman–Crippen MR) is 79.6 cm³/mol. The van der Waals surface area contributed by atoms with E-state index in [9.17, 15) is 10.1 Å². The van der Waals surface area contributed by atoms with Gasteiger partial charge in [0, 0.05) is 23.4 Å². The summed E-state index contributed by atoms with van der Waals surface area (Å²) < 4.78 is 0. The highest BCUT2D eigenvalue weighted by molar-refractivity contribution is 5.53. The third-order valence-electron chi connectivity index (χ3n) is 3.64. The van der Waals surface area contributed by atoms with Gasteiger partial charge in [-0.25, -0.2) is 0 Å². The standard InChI is InChI=1S/C15H24N2O2/c1-5-11(3)9-13(6-2)16-14-7-8-15(17(18)19)12(4)10-14/h7-8,10-11,13,16H,5-6,9H2,1-4H3. The summed E-state index contributed by atoms with van der Waals surface area (Å²) in [6, 6.07) is 5.66. The van der Waals surface area contributed by atoms with Crippen LogP contribution in [0.3, 0.4) is 0 Å². The minimum Gasteiger partial charge on any atom is -0.382 e. The quantitative estimate of drug-likeness (QED) is 0.581. The van der Waals surface area contributed by atoms with E-state index >= 15 is 0 Å². The van der Waals surface area contributed by atoms with E-state index in [1.807, 2.05) is 6.07 Å². The minimum atomic E-state index is -0.338. The Bertz CT molecular complexity index is 432. The molecule has 0 heterocycles. The average molecular weight is 264 g/mol. The van der Waals surface area contributed by atoms with Crippen LogP contribution < -0.4 is 5.32 Å². The number of rotatable bonds is 7. The van der Waals surface area contributed by atoms with Crippen LogP contribution in [0.1, 0.15) is 45.6 Å². The van der Waals surface area contributed by atoms with Gasteiger partial charge >= 0.3 is 0 Å². The van der Waals surface area contributed by atoms with Crippen molar-refractivity contribution in [2.24, 2.45) is 5.92 Å². The molecule has 2 atom stereocenters. The van der Waals surface area contributed by atoms with Gasteiger partial charge in [0.05, 0.1) is 4.92 Å². The Labute approximate surface area is 115 Å². The zero-order chi connectivity index (χ0) is 14.4. The molecule has 0 saturated carbocycles. The molecule has 0 aliphatic rings. The topological polar surface area (TPSA) is 55.2 Å². The zero-order valence-electron chi connectivity index (χ0n) is 12.3. The van der Waals surface area contributed by atoms with Gasteiger partial charge < -0.3 is 5.32 Å². The smallest absolute Gasteiger partial charge is 0.272 e. The maximum absolute atomic E-state index is 10.8. The average Bonchev–Trinajstić information content (AvgIpc) is 2.37. The summed E-state index contributed by atoms with van der Waals surface area (Å²) in [7, 11) is 0. The molecule has 1 aromatic carbocycles. The first-order valence-electron chi connectivity index (χ1n) is 6.99. The molecule has 0 amide bonds. The fourth-order valence-electron chi connectivity index (χ4n) is 2.17. The van der Waals surface area contributed by atoms with E-state index < -0.39 is 0 Å². The largest absolute Gasteiger partial charge is 0.382 e. The number of benzene rings is 1. The summed E-state index contributed by atoms with van der Waals surface area (Å²) in [5.41, 5.74) is 1.85. The Balaban J connectivity index is 2.75. The molecule has 1 N–H and O–H groups in total. The van der Waals surface area contributed by atoms with E-state index in [1.165, 1.54) is 6.42 Å². The highest BCUT2D eigenvalue weighted by Gasteiger charge is 2.13. The number of anilines is 1. The van der Waals surface area contributed by atoms with Crippen molar-refractivity contribution in [2.75, 3.05) is 5.32 Å². The van der Waals surface area contributed by atoms with Crippen LogP contribution in [0.5, 0.6) is 0 Å². The third kappa shape index (κ3) is 4.54. The second kappa shape index (κ2) is 7.12. The van der Waals surface area contributed by atoms with Gasteiger partial charge in [-0.1, -0.05) is 27.2 Å². The highest BCUT2D eigenvalue weighted by Crippen LogP contribution is 2.23. The first kappa shape index (κ1) is 15.5. The molecule has 0 bridgehead atoms. The number of nitrogens with one attached hydrogen (secondary N) is 1. The highest BCUT2D eigenvalue weighted by atomic mass is 16.6. The SMILES string of the molecule is CCC(C)CC(CC)Nc1ccc([N+](=O)[O-])c(C)c1. The molecule has 0 spiro atoms. The number of nitrogens with zero attached hydrogens (tertiary/aromatic N) is 1. The molecule has 0 aromatic heterocycles. The lowest BCUT2D eigenvalue weighted by Crippen LogP contribution is -2.21. The van der Waals surface area contributed by atoms with Crippen LogP contribution in [-0.4, -0.2) is 11.0 Å². The summed E-state index contributed by atoms with van der Waals surface area (Å²) in [5.74, 6) is 0.691. The van der Waals surface area contributed by atoms with Crippen molar-refractivity contribution in [3.63, 3.8) is 0 Å². The molecule has 0 aliphatic heterocycles. The van der Waals surface area contributed by atoms with Crippen LogP contribution in [0.15, 0.2) is 18.2 Å². The monoisotopic (exact) mass is 264 g/mol. The van der Waals surface area contributed by atoms with Crippen LogP contribution in [0.4, 0.5) is 11.4 Å². The summed E-state index contributed by atoms with van der Waals surface area (Å²) in [5, 5.41) is 14.3. The van der Waals surface area contributed by atoms with Crippen molar-refractivity contribution < 1.29 is 4.92 Å². The van der Waals surface area contributed by atoms with Gasteiger partial charge in [-0.15, -0.1) is 0 Å². The number of hydrogen-bond donors (Lipinski definition) is 1. The zero-order valence-corrected chi connectivity index (χ0v) is 12.3. The molecule has 1 rings (SSSR count). The van der Waals surface area contributed by atoms with Crippen molar-refractivity contribution in [1.29, 1.82) is 0 Å². The number of nitro groups is 1. The number of hydrogen-bond acceptors (Lipinski definition) is 3. The van der Waals surface area contributed by atoms with Crippen molar-refractivity contribution in [1.82, 2.24) is 0 Å². The van der Waals surface area contributed by atoms with Gasteiger partial charge in [-0.05, 0) is 37.8 Å². The van der Waals surface area contributed by atoms with E-state index in [0.717, 1.165) is 18.5 Å². The Morgan fingerprint density at radius 2 is 2.00 bits per heavy atom. The lowest BCUT2D eigenvalue weighted by molar-refractivity contribution is -0.385. The molecule has 4 nitrogen and oxygen atoms in total. The van der Waals surface area contributed by atoms with Crippen LogP contribution in [0.2, 0.25) is 0 Å². The van der Waals surface area contributed by atoms with Crippen LogP contribution in [0.25, 0.3) is 0 Å². The van der Waals surface area contributed by atoms with E-state index in [4.69, 9.17) is 0 Å². The minimum absolute atomic E-state index is 0.181. The fourth-order valence-corrected chi connectivity index (χ4v) is 2.17. The molecule has 1 aromatic rings. The normalized spacial score (nSPS) is 13.9. The summed E-state index contributed by atoms with van der Waals surface area (Å²) in [6.45, 7) is 8.40. The molecule has 106 valence electrons. The van der Waals surface area contributed by atoms with Gasteiger partial charge in [0.2, 0.25) is 0 Å². The predicted octanol–water partition coefficient (Wildman–Crippen LogP) is 4.53. The second-order valence-electron chi connectivity index (χ2n) is 5.26. The van der Waals surface area contributed by atoms with Gasteiger partial charge in [-0.3, -0.25) is 10.1 Å². The Kier molecular flexibility index (Phi) is 5.80. The molecular weight excluding hydrogens is 240 g/mol. The molecule has 0 radical (unpaired) electrons. The lowest BCUT2D eigenvalue weighted by Gasteiger charge is -2.21. The third-order valence-corrected chi connectivity index (χ3v) is 3.64. The molecular formula is C15H24N2O2. The van der Waals surface area contributed by atoms with E-state index in [2.05, 4.69) is 26.1 Å². The lowest BCUT2D eigenvalue weighted by atomic mass is 9.97. The summed E-state index contributed by atoms with van der Waals surface area (Å²) >= 11 is 0. The summed E-state index contributed by atoms with van der Waals surface area (Å²) in [6.07, 6.45) is 3.36. The second-order valence-corrected chi connectivity index (χ2v) is 5.26. The Hall–Kier alpha value is -1.58. The maximum Gasteiger partial charge on any atom is 0.272 e. The van der Waals surface area contributed by atoms with Crippen LogP contribution >= 0.6 is 0 Å². The van der Waals surface area contributed by atoms with Crippen LogP contribution in [-0.2, 0) is 0 Å². The first-order valence-corrected chi connectivity index (χ1v) is 6.99. The van der Waals surface area contributed by atoms with Gasteiger partial charge in [0.15, 0.2) is 0 Å². The van der Waals surface area contributed by atoms with E-state index in [1.54, 1.807) is 19.1 Å². The van der Waals surface area contributed by atoms with E-state index in [0.29, 0.717) is 17.5 Å². The van der Waals surface area contributed by atoms with Crippen molar-refractivity contribution in [3.05, 3.63) is 33.9 Å². The van der Waals surface area contributed by atoms with Crippen molar-refractivity contribution >= 4 is 11.4 Å². The molecule has 19 heavy (non-hydrogen) atoms. The fraction of sp³-hybridized carbons (Fsp3) is 0.600. The van der Waals surface area contributed by atoms with Crippen LogP contribution in [0, 0.1) is 23.0 Å². The van der Waals surface area contributed by atoms with E-state index in [-0.39, 0.29) is 10.6 Å². The molecule has 0 aliphatic carbocycles. The van der Waals surface area contributed by atoms with Gasteiger partial charge in [0.1, 0.15) is 0 Å². The Morgan fingerprint density at radius 1 is 1.32 bits per heavy atom. The molecule has 2 unspecified atom stereocenters. The molecule has 4 heteroatoms. The maximum atomic E-state index is 10.8.